The minimum atomic E-state index is -0.237. The van der Waals surface area contributed by atoms with E-state index < -0.39 is 0 Å². The topological polar surface area (TPSA) is 0 Å². The Labute approximate surface area is 67.6 Å². The fourth-order valence-corrected chi connectivity index (χ4v) is 3.75. The third-order valence-electron chi connectivity index (χ3n) is 2.10. The van der Waals surface area contributed by atoms with Gasteiger partial charge in [-0.1, -0.05) is 58.2 Å². The summed E-state index contributed by atoms with van der Waals surface area (Å²) in [5.74, 6) is 0. The lowest BCUT2D eigenvalue weighted by molar-refractivity contribution is 0.842. The molecule has 0 rings (SSSR count). The quantitative estimate of drug-likeness (QED) is 0.519. The third kappa shape index (κ3) is 6.34. The summed E-state index contributed by atoms with van der Waals surface area (Å²) in [7, 11) is -0.237. The van der Waals surface area contributed by atoms with Gasteiger partial charge >= 0.3 is 0 Å². The van der Waals surface area contributed by atoms with Crippen molar-refractivity contribution in [1.29, 1.82) is 0 Å². The van der Waals surface area contributed by atoms with Gasteiger partial charge in [0.1, 0.15) is 0 Å². The van der Waals surface area contributed by atoms with Crippen LogP contribution in [0, 0.1) is 0 Å². The molecule has 0 heterocycles. The fraction of sp³-hybridized carbons (Fsp3) is 1.00. The zero-order valence-corrected chi connectivity index (χ0v) is 8.97. The van der Waals surface area contributed by atoms with Crippen molar-refractivity contribution in [2.45, 2.75) is 58.2 Å². The van der Waals surface area contributed by atoms with Crippen molar-refractivity contribution in [3.05, 3.63) is 0 Å². The predicted molar refractivity (Wildman–Crippen MR) is 52.4 cm³/mol. The van der Waals surface area contributed by atoms with Crippen LogP contribution in [0.15, 0.2) is 0 Å². The van der Waals surface area contributed by atoms with Crippen molar-refractivity contribution in [2.75, 3.05) is 0 Å². The van der Waals surface area contributed by atoms with E-state index in [9.17, 15) is 0 Å². The van der Waals surface area contributed by atoms with E-state index in [0.717, 1.165) is 0 Å². The molecular formula is C9H22Si. The zero-order chi connectivity index (χ0) is 7.82. The SMILES string of the molecule is CCCC[SiH](C)CCCC. The van der Waals surface area contributed by atoms with Crippen molar-refractivity contribution in [1.82, 2.24) is 0 Å². The first kappa shape index (κ1) is 10.2. The van der Waals surface area contributed by atoms with Gasteiger partial charge in [0.15, 0.2) is 0 Å². The molecule has 0 aliphatic rings. The van der Waals surface area contributed by atoms with Crippen molar-refractivity contribution >= 4 is 8.80 Å². The molecule has 0 amide bonds. The van der Waals surface area contributed by atoms with Gasteiger partial charge < -0.3 is 0 Å². The summed E-state index contributed by atoms with van der Waals surface area (Å²) >= 11 is 0. The first-order valence-corrected chi connectivity index (χ1v) is 7.60. The average molecular weight is 158 g/mol. The van der Waals surface area contributed by atoms with E-state index in [1.54, 1.807) is 12.1 Å². The van der Waals surface area contributed by atoms with Gasteiger partial charge in [-0.05, 0) is 0 Å². The van der Waals surface area contributed by atoms with E-state index in [1.807, 2.05) is 0 Å². The second-order valence-corrected chi connectivity index (χ2v) is 6.75. The highest BCUT2D eigenvalue weighted by atomic mass is 28.3. The Hall–Kier alpha value is 0.217. The van der Waals surface area contributed by atoms with E-state index >= 15 is 0 Å². The van der Waals surface area contributed by atoms with E-state index in [-0.39, 0.29) is 8.80 Å². The molecule has 0 aliphatic heterocycles. The first-order chi connectivity index (χ1) is 4.81. The highest BCUT2D eigenvalue weighted by Gasteiger charge is 2.00. The summed E-state index contributed by atoms with van der Waals surface area (Å²) in [6, 6.07) is 3.16. The Bertz CT molecular complexity index is 53.7. The molecule has 0 radical (unpaired) electrons. The Morgan fingerprint density at radius 3 is 1.60 bits per heavy atom. The van der Waals surface area contributed by atoms with Crippen molar-refractivity contribution in [3.63, 3.8) is 0 Å². The van der Waals surface area contributed by atoms with Gasteiger partial charge in [-0.15, -0.1) is 0 Å². The van der Waals surface area contributed by atoms with Gasteiger partial charge in [0.25, 0.3) is 0 Å². The summed E-state index contributed by atoms with van der Waals surface area (Å²) in [5.41, 5.74) is 0. The predicted octanol–water partition coefficient (Wildman–Crippen LogP) is 3.44. The van der Waals surface area contributed by atoms with Crippen LogP contribution in [0.25, 0.3) is 0 Å². The van der Waals surface area contributed by atoms with E-state index in [4.69, 9.17) is 0 Å². The smallest absolute Gasteiger partial charge is 0.0336 e. The third-order valence-corrected chi connectivity index (χ3v) is 4.89. The molecule has 0 nitrogen and oxygen atoms in total. The summed E-state index contributed by atoms with van der Waals surface area (Å²) in [6.45, 7) is 7.10. The van der Waals surface area contributed by atoms with Crippen LogP contribution in [0.4, 0.5) is 0 Å². The summed E-state index contributed by atoms with van der Waals surface area (Å²) in [4.78, 5) is 0. The summed E-state index contributed by atoms with van der Waals surface area (Å²) < 4.78 is 0. The van der Waals surface area contributed by atoms with Gasteiger partial charge in [-0.25, -0.2) is 0 Å². The van der Waals surface area contributed by atoms with E-state index in [1.165, 1.54) is 25.7 Å². The van der Waals surface area contributed by atoms with Gasteiger partial charge in [-0.3, -0.25) is 0 Å². The summed E-state index contributed by atoms with van der Waals surface area (Å²) in [5, 5.41) is 0. The highest BCUT2D eigenvalue weighted by molar-refractivity contribution is 6.57. The molecule has 0 N–H and O–H groups in total. The van der Waals surface area contributed by atoms with Crippen LogP contribution in [0.1, 0.15) is 39.5 Å². The average Bonchev–Trinajstić information content (AvgIpc) is 1.97. The maximum absolute atomic E-state index is 2.52. The molecule has 0 bridgehead atoms. The van der Waals surface area contributed by atoms with Crippen LogP contribution in [-0.4, -0.2) is 8.80 Å². The van der Waals surface area contributed by atoms with Gasteiger partial charge in [0.05, 0.1) is 0 Å². The van der Waals surface area contributed by atoms with Gasteiger partial charge in [0.2, 0.25) is 0 Å². The molecule has 0 unspecified atom stereocenters. The normalized spacial score (nSPS) is 10.8. The molecule has 62 valence electrons. The lowest BCUT2D eigenvalue weighted by atomic mass is 10.4. The van der Waals surface area contributed by atoms with Crippen molar-refractivity contribution < 1.29 is 0 Å². The molecule has 0 fully saturated rings. The van der Waals surface area contributed by atoms with Crippen LogP contribution in [0.3, 0.4) is 0 Å². The van der Waals surface area contributed by atoms with Crippen LogP contribution in [0.2, 0.25) is 18.6 Å². The number of hydrogen-bond donors (Lipinski definition) is 0. The molecule has 0 saturated carbocycles. The molecule has 0 aromatic rings. The molecule has 10 heavy (non-hydrogen) atoms. The largest absolute Gasteiger partial charge is 0.0720 e. The van der Waals surface area contributed by atoms with Crippen LogP contribution in [-0.2, 0) is 0 Å². The second-order valence-electron chi connectivity index (χ2n) is 3.39. The maximum atomic E-state index is 2.52. The highest BCUT2D eigenvalue weighted by Crippen LogP contribution is 2.08. The molecule has 0 saturated heterocycles. The van der Waals surface area contributed by atoms with Gasteiger partial charge in [-0.2, -0.15) is 0 Å². The van der Waals surface area contributed by atoms with Crippen molar-refractivity contribution in [3.8, 4) is 0 Å². The van der Waals surface area contributed by atoms with Crippen molar-refractivity contribution in [2.24, 2.45) is 0 Å². The molecule has 0 atom stereocenters. The van der Waals surface area contributed by atoms with Crippen LogP contribution >= 0.6 is 0 Å². The molecule has 0 aromatic carbocycles. The molecule has 1 heteroatoms. The van der Waals surface area contributed by atoms with Gasteiger partial charge in [0, 0.05) is 8.80 Å². The maximum Gasteiger partial charge on any atom is 0.0336 e. The molecule has 0 aliphatic carbocycles. The molecular weight excluding hydrogens is 136 g/mol. The Morgan fingerprint density at radius 2 is 1.30 bits per heavy atom. The standard InChI is InChI=1S/C9H22Si/c1-4-6-8-10(3)9-7-5-2/h10H,4-9H2,1-3H3. The Balaban J connectivity index is 3.00. The number of unbranched alkanes of at least 4 members (excludes halogenated alkanes) is 2. The van der Waals surface area contributed by atoms with Crippen LogP contribution in [0.5, 0.6) is 0 Å². The molecule has 0 spiro atoms. The second kappa shape index (κ2) is 7.33. The summed E-state index contributed by atoms with van der Waals surface area (Å²) in [6.07, 6.45) is 5.75. The minimum Gasteiger partial charge on any atom is -0.0720 e. The minimum absolute atomic E-state index is 0.237. The molecule has 0 aromatic heterocycles. The zero-order valence-electron chi connectivity index (χ0n) is 7.82. The van der Waals surface area contributed by atoms with E-state index in [2.05, 4.69) is 20.4 Å². The number of rotatable bonds is 6. The Morgan fingerprint density at radius 1 is 0.900 bits per heavy atom. The first-order valence-electron chi connectivity index (χ1n) is 4.81. The van der Waals surface area contributed by atoms with E-state index in [0.29, 0.717) is 0 Å². The lowest BCUT2D eigenvalue weighted by Crippen LogP contribution is -2.04. The number of hydrogen-bond acceptors (Lipinski definition) is 0. The van der Waals surface area contributed by atoms with Crippen LogP contribution < -0.4 is 0 Å². The Kier molecular flexibility index (Phi) is 7.48. The fourth-order valence-electron chi connectivity index (χ4n) is 1.25. The lowest BCUT2D eigenvalue weighted by Gasteiger charge is -2.06. The monoisotopic (exact) mass is 158 g/mol.